The van der Waals surface area contributed by atoms with Crippen molar-refractivity contribution < 1.29 is 8.42 Å². The Kier molecular flexibility index (Phi) is 6.46. The van der Waals surface area contributed by atoms with Gasteiger partial charge in [0.15, 0.2) is 9.84 Å². The van der Waals surface area contributed by atoms with Gasteiger partial charge in [0.2, 0.25) is 0 Å². The number of hydrogen-bond donors (Lipinski definition) is 1. The summed E-state index contributed by atoms with van der Waals surface area (Å²) in [5, 5.41) is 0.670. The van der Waals surface area contributed by atoms with E-state index in [2.05, 4.69) is 9.97 Å². The summed E-state index contributed by atoms with van der Waals surface area (Å²) < 4.78 is 24.0. The molecule has 0 aliphatic heterocycles. The quantitative estimate of drug-likeness (QED) is 0.711. The summed E-state index contributed by atoms with van der Waals surface area (Å²) in [6.45, 7) is 0. The first-order valence-electron chi connectivity index (χ1n) is 7.48. The molecule has 0 radical (unpaired) electrons. The fourth-order valence-corrected chi connectivity index (χ4v) is 3.78. The van der Waals surface area contributed by atoms with Crippen molar-refractivity contribution in [1.82, 2.24) is 9.97 Å². The van der Waals surface area contributed by atoms with Crippen LogP contribution in [0.25, 0.3) is 0 Å². The molecule has 0 aliphatic rings. The summed E-state index contributed by atoms with van der Waals surface area (Å²) in [5.41, 5.74) is 2.04. The normalized spacial score (nSPS) is 11.7. The first-order chi connectivity index (χ1) is 10.6. The monoisotopic (exact) mass is 340 g/mol. The minimum atomic E-state index is -2.98. The summed E-state index contributed by atoms with van der Waals surface area (Å²) in [6, 6.07) is 7.33. The van der Waals surface area contributed by atoms with Crippen LogP contribution in [0.15, 0.2) is 36.8 Å². The van der Waals surface area contributed by atoms with Gasteiger partial charge in [-0.25, -0.2) is 13.4 Å². The molecule has 0 atom stereocenters. The van der Waals surface area contributed by atoms with Crippen molar-refractivity contribution in [3.05, 3.63) is 53.1 Å². The van der Waals surface area contributed by atoms with E-state index in [1.165, 1.54) is 0 Å². The fourth-order valence-electron chi connectivity index (χ4n) is 2.26. The Bertz CT molecular complexity index is 652. The van der Waals surface area contributed by atoms with Gasteiger partial charge in [0.1, 0.15) is 0 Å². The molecule has 22 heavy (non-hydrogen) atoms. The fraction of sp³-hybridized carbons (Fsp3) is 0.438. The lowest BCUT2D eigenvalue weighted by Crippen LogP contribution is -2.13. The second-order valence-electron chi connectivity index (χ2n) is 5.40. The van der Waals surface area contributed by atoms with Gasteiger partial charge in [0, 0.05) is 11.2 Å². The largest absolute Gasteiger partial charge is 0.351 e. The van der Waals surface area contributed by atoms with Crippen molar-refractivity contribution in [2.45, 2.75) is 32.1 Å². The number of H-pyrrole nitrogens is 1. The predicted octanol–water partition coefficient (Wildman–Crippen LogP) is 3.43. The van der Waals surface area contributed by atoms with E-state index in [9.17, 15) is 8.42 Å². The van der Waals surface area contributed by atoms with Crippen LogP contribution in [0.3, 0.4) is 0 Å². The lowest BCUT2D eigenvalue weighted by molar-refractivity contribution is 0.588. The molecule has 0 aliphatic carbocycles. The average molecular weight is 341 g/mol. The standard InChI is InChI=1S/C16H21ClN2O2S/c17-15-7-5-14(6-8-15)9-11-22(20,21)10-3-1-2-4-16-12-18-13-19-16/h5-8,12-13H,1-4,9-11H2,(H,18,19). The zero-order chi connectivity index (χ0) is 15.8. The number of imidazole rings is 1. The van der Waals surface area contributed by atoms with Crippen LogP contribution >= 0.6 is 11.6 Å². The molecule has 0 saturated carbocycles. The van der Waals surface area contributed by atoms with Gasteiger partial charge < -0.3 is 4.98 Å². The Morgan fingerprint density at radius 1 is 1.00 bits per heavy atom. The number of rotatable bonds is 9. The number of benzene rings is 1. The zero-order valence-electron chi connectivity index (χ0n) is 12.5. The van der Waals surface area contributed by atoms with Gasteiger partial charge in [-0.15, -0.1) is 0 Å². The molecular formula is C16H21ClN2O2S. The molecule has 1 aromatic heterocycles. The third-order valence-corrected chi connectivity index (χ3v) is 5.55. The molecule has 6 heteroatoms. The van der Waals surface area contributed by atoms with Crippen molar-refractivity contribution in [2.24, 2.45) is 0 Å². The molecule has 0 spiro atoms. The Balaban J connectivity index is 1.64. The molecule has 0 fully saturated rings. The minimum absolute atomic E-state index is 0.202. The highest BCUT2D eigenvalue weighted by atomic mass is 35.5. The smallest absolute Gasteiger partial charge is 0.150 e. The van der Waals surface area contributed by atoms with Crippen LogP contribution in [-0.2, 0) is 22.7 Å². The van der Waals surface area contributed by atoms with Gasteiger partial charge in [-0.1, -0.05) is 30.2 Å². The average Bonchev–Trinajstić information content (AvgIpc) is 3.00. The number of aromatic nitrogens is 2. The van der Waals surface area contributed by atoms with E-state index in [1.54, 1.807) is 18.5 Å². The van der Waals surface area contributed by atoms with E-state index in [0.29, 0.717) is 17.9 Å². The number of aromatic amines is 1. The van der Waals surface area contributed by atoms with Gasteiger partial charge >= 0.3 is 0 Å². The highest BCUT2D eigenvalue weighted by Gasteiger charge is 2.10. The van der Waals surface area contributed by atoms with Crippen LogP contribution in [-0.4, -0.2) is 29.9 Å². The Hall–Kier alpha value is -1.33. The topological polar surface area (TPSA) is 62.8 Å². The van der Waals surface area contributed by atoms with Crippen molar-refractivity contribution >= 4 is 21.4 Å². The van der Waals surface area contributed by atoms with E-state index in [4.69, 9.17) is 11.6 Å². The molecule has 1 heterocycles. The minimum Gasteiger partial charge on any atom is -0.351 e. The zero-order valence-corrected chi connectivity index (χ0v) is 14.0. The van der Waals surface area contributed by atoms with Crippen molar-refractivity contribution in [3.63, 3.8) is 0 Å². The van der Waals surface area contributed by atoms with Crippen LogP contribution < -0.4 is 0 Å². The molecular weight excluding hydrogens is 320 g/mol. The third kappa shape index (κ3) is 6.20. The molecule has 2 rings (SSSR count). The Labute approximate surface area is 136 Å². The second-order valence-corrected chi connectivity index (χ2v) is 8.14. The molecule has 1 N–H and O–H groups in total. The number of halogens is 1. The van der Waals surface area contributed by atoms with Gasteiger partial charge in [-0.3, -0.25) is 0 Å². The van der Waals surface area contributed by atoms with Crippen LogP contribution in [0.4, 0.5) is 0 Å². The molecule has 1 aromatic carbocycles. The predicted molar refractivity (Wildman–Crippen MR) is 90.0 cm³/mol. The molecule has 0 bridgehead atoms. The summed E-state index contributed by atoms with van der Waals surface area (Å²) in [6.07, 6.45) is 7.58. The number of nitrogens with zero attached hydrogens (tertiary/aromatic N) is 1. The first-order valence-corrected chi connectivity index (χ1v) is 9.68. The van der Waals surface area contributed by atoms with Crippen molar-refractivity contribution in [3.8, 4) is 0 Å². The Morgan fingerprint density at radius 2 is 1.77 bits per heavy atom. The molecule has 0 unspecified atom stereocenters. The summed E-state index contributed by atoms with van der Waals surface area (Å²) in [4.78, 5) is 7.06. The molecule has 0 saturated heterocycles. The lowest BCUT2D eigenvalue weighted by atomic mass is 10.2. The number of sulfone groups is 1. The molecule has 0 amide bonds. The third-order valence-electron chi connectivity index (χ3n) is 3.56. The highest BCUT2D eigenvalue weighted by Crippen LogP contribution is 2.11. The van der Waals surface area contributed by atoms with E-state index < -0.39 is 9.84 Å². The number of nitrogens with one attached hydrogen (secondary N) is 1. The maximum atomic E-state index is 12.0. The van der Waals surface area contributed by atoms with Gasteiger partial charge in [0.25, 0.3) is 0 Å². The summed E-state index contributed by atoms with van der Waals surface area (Å²) >= 11 is 5.81. The lowest BCUT2D eigenvalue weighted by Gasteiger charge is -2.05. The van der Waals surface area contributed by atoms with Crippen molar-refractivity contribution in [1.29, 1.82) is 0 Å². The SMILES string of the molecule is O=S(=O)(CCCCCc1c[nH]cn1)CCc1ccc(Cl)cc1. The molecule has 2 aromatic rings. The van der Waals surface area contributed by atoms with Gasteiger partial charge in [-0.2, -0.15) is 0 Å². The van der Waals surface area contributed by atoms with E-state index in [0.717, 1.165) is 30.5 Å². The Morgan fingerprint density at radius 3 is 2.45 bits per heavy atom. The number of hydrogen-bond acceptors (Lipinski definition) is 3. The van der Waals surface area contributed by atoms with Crippen molar-refractivity contribution in [2.75, 3.05) is 11.5 Å². The van der Waals surface area contributed by atoms with Crippen LogP contribution in [0.2, 0.25) is 5.02 Å². The van der Waals surface area contributed by atoms with E-state index in [1.807, 2.05) is 18.3 Å². The number of unbranched alkanes of at least 4 members (excludes halogenated alkanes) is 2. The molecule has 120 valence electrons. The van der Waals surface area contributed by atoms with Crippen LogP contribution in [0, 0.1) is 0 Å². The maximum Gasteiger partial charge on any atom is 0.150 e. The van der Waals surface area contributed by atoms with Crippen LogP contribution in [0.1, 0.15) is 30.5 Å². The summed E-state index contributed by atoms with van der Waals surface area (Å²) in [5.74, 6) is 0.467. The second kappa shape index (κ2) is 8.34. The van der Waals surface area contributed by atoms with Gasteiger partial charge in [0.05, 0.1) is 23.5 Å². The number of aryl methyl sites for hydroxylation is 2. The molecule has 4 nitrogen and oxygen atoms in total. The summed E-state index contributed by atoms with van der Waals surface area (Å²) in [7, 11) is -2.98. The first kappa shape index (κ1) is 17.0. The van der Waals surface area contributed by atoms with E-state index >= 15 is 0 Å². The highest BCUT2D eigenvalue weighted by molar-refractivity contribution is 7.91. The van der Waals surface area contributed by atoms with E-state index in [-0.39, 0.29) is 11.5 Å². The maximum absolute atomic E-state index is 12.0. The van der Waals surface area contributed by atoms with Crippen LogP contribution in [0.5, 0.6) is 0 Å². The van der Waals surface area contributed by atoms with Gasteiger partial charge in [-0.05, 0) is 43.4 Å².